The maximum Gasteiger partial charge on any atom is 0.140 e. The van der Waals surface area contributed by atoms with Gasteiger partial charge >= 0.3 is 0 Å². The zero-order valence-electron chi connectivity index (χ0n) is 8.90. The second-order valence-corrected chi connectivity index (χ2v) is 3.51. The first-order chi connectivity index (χ1) is 7.22. The molecule has 0 bridgehead atoms. The van der Waals surface area contributed by atoms with E-state index in [2.05, 4.69) is 35.6 Å². The van der Waals surface area contributed by atoms with Crippen LogP contribution >= 0.6 is 0 Å². The van der Waals surface area contributed by atoms with Gasteiger partial charge in [0.05, 0.1) is 0 Å². The number of aryl methyl sites for hydroxylation is 1. The Balaban J connectivity index is 2.26. The lowest BCUT2D eigenvalue weighted by Gasteiger charge is -2.04. The Hall–Kier alpha value is -1.55. The molecule has 1 rings (SSSR count). The van der Waals surface area contributed by atoms with E-state index in [0.29, 0.717) is 13.0 Å². The maximum absolute atomic E-state index is 8.32. The van der Waals surface area contributed by atoms with Crippen LogP contribution in [-0.2, 0) is 6.54 Å². The van der Waals surface area contributed by atoms with E-state index in [4.69, 9.17) is 10.9 Å². The Labute approximate surface area is 89.8 Å². The molecule has 1 aromatic carbocycles. The van der Waals surface area contributed by atoms with E-state index in [1.165, 1.54) is 11.1 Å². The first kappa shape index (κ1) is 11.5. The summed E-state index contributed by atoms with van der Waals surface area (Å²) in [6, 6.07) is 8.32. The summed E-state index contributed by atoms with van der Waals surface area (Å²) < 4.78 is 0. The van der Waals surface area contributed by atoms with Gasteiger partial charge in [-0.25, -0.2) is 0 Å². The lowest BCUT2D eigenvalue weighted by Crippen LogP contribution is -2.21. The molecule has 4 N–H and O–H groups in total. The Kier molecular flexibility index (Phi) is 4.63. The molecule has 0 unspecified atom stereocenters. The highest BCUT2D eigenvalue weighted by Crippen LogP contribution is 2.02. The van der Waals surface area contributed by atoms with Crippen LogP contribution in [0.25, 0.3) is 0 Å². The van der Waals surface area contributed by atoms with Crippen molar-refractivity contribution in [1.82, 2.24) is 5.32 Å². The van der Waals surface area contributed by atoms with Crippen LogP contribution in [0.4, 0.5) is 0 Å². The third-order valence-corrected chi connectivity index (χ3v) is 2.10. The predicted molar refractivity (Wildman–Crippen MR) is 60.9 cm³/mol. The van der Waals surface area contributed by atoms with Gasteiger partial charge in [-0.2, -0.15) is 0 Å². The van der Waals surface area contributed by atoms with Crippen molar-refractivity contribution in [2.45, 2.75) is 19.9 Å². The van der Waals surface area contributed by atoms with Crippen LogP contribution in [0.15, 0.2) is 29.4 Å². The average molecular weight is 207 g/mol. The summed E-state index contributed by atoms with van der Waals surface area (Å²) in [5.74, 6) is 0.256. The van der Waals surface area contributed by atoms with E-state index >= 15 is 0 Å². The summed E-state index contributed by atoms with van der Waals surface area (Å²) in [6.07, 6.45) is 0.558. The normalized spacial score (nSPS) is 11.7. The lowest BCUT2D eigenvalue weighted by atomic mass is 10.1. The topological polar surface area (TPSA) is 70.6 Å². The number of nitrogens with one attached hydrogen (secondary N) is 1. The molecule has 15 heavy (non-hydrogen) atoms. The maximum atomic E-state index is 8.32. The van der Waals surface area contributed by atoms with Crippen LogP contribution in [0.1, 0.15) is 17.5 Å². The monoisotopic (exact) mass is 207 g/mol. The summed E-state index contributed by atoms with van der Waals surface area (Å²) in [6.45, 7) is 3.59. The summed E-state index contributed by atoms with van der Waals surface area (Å²) in [5, 5.41) is 14.4. The second kappa shape index (κ2) is 6.03. The minimum absolute atomic E-state index is 0.256. The quantitative estimate of drug-likeness (QED) is 0.223. The molecular formula is C11H17N3O. The average Bonchev–Trinajstić information content (AvgIpc) is 2.24. The number of rotatable bonds is 5. The molecular weight excluding hydrogens is 190 g/mol. The number of nitrogens with two attached hydrogens (primary N) is 1. The first-order valence-corrected chi connectivity index (χ1v) is 4.95. The minimum Gasteiger partial charge on any atom is -0.409 e. The van der Waals surface area contributed by atoms with Crippen LogP contribution in [0.3, 0.4) is 0 Å². The van der Waals surface area contributed by atoms with Crippen molar-refractivity contribution in [2.75, 3.05) is 6.54 Å². The van der Waals surface area contributed by atoms with Gasteiger partial charge in [-0.05, 0) is 12.5 Å². The lowest BCUT2D eigenvalue weighted by molar-refractivity contribution is 0.316. The van der Waals surface area contributed by atoms with Gasteiger partial charge in [-0.15, -0.1) is 0 Å². The van der Waals surface area contributed by atoms with Crippen molar-refractivity contribution in [1.29, 1.82) is 0 Å². The smallest absolute Gasteiger partial charge is 0.140 e. The molecule has 0 atom stereocenters. The minimum atomic E-state index is 0.256. The number of hydrogen-bond donors (Lipinski definition) is 3. The molecule has 82 valence electrons. The summed E-state index contributed by atoms with van der Waals surface area (Å²) in [4.78, 5) is 0. The third kappa shape index (κ3) is 4.46. The van der Waals surface area contributed by atoms with E-state index in [1.807, 2.05) is 6.07 Å². The summed E-state index contributed by atoms with van der Waals surface area (Å²) in [5.41, 5.74) is 7.84. The standard InChI is InChI=1S/C11H17N3O/c1-9-3-2-4-10(7-9)8-13-6-5-11(12)14-15/h2-4,7,13,15H,5-6,8H2,1H3,(H2,12,14). The van der Waals surface area contributed by atoms with E-state index in [0.717, 1.165) is 6.54 Å². The number of nitrogens with zero attached hydrogens (tertiary/aromatic N) is 1. The van der Waals surface area contributed by atoms with Gasteiger partial charge in [0, 0.05) is 19.5 Å². The Morgan fingerprint density at radius 3 is 3.00 bits per heavy atom. The van der Waals surface area contributed by atoms with E-state index in [1.54, 1.807) is 0 Å². The summed E-state index contributed by atoms with van der Waals surface area (Å²) >= 11 is 0. The van der Waals surface area contributed by atoms with E-state index in [9.17, 15) is 0 Å². The van der Waals surface area contributed by atoms with Crippen LogP contribution in [0, 0.1) is 6.92 Å². The van der Waals surface area contributed by atoms with Crippen molar-refractivity contribution >= 4 is 5.84 Å². The second-order valence-electron chi connectivity index (χ2n) is 3.51. The fraction of sp³-hybridized carbons (Fsp3) is 0.364. The number of oxime groups is 1. The highest BCUT2D eigenvalue weighted by molar-refractivity contribution is 5.79. The largest absolute Gasteiger partial charge is 0.409 e. The van der Waals surface area contributed by atoms with Crippen LogP contribution in [0.5, 0.6) is 0 Å². The van der Waals surface area contributed by atoms with Crippen molar-refractivity contribution in [2.24, 2.45) is 10.9 Å². The van der Waals surface area contributed by atoms with Crippen molar-refractivity contribution in [3.63, 3.8) is 0 Å². The molecule has 0 spiro atoms. The molecule has 0 aromatic heterocycles. The molecule has 4 heteroatoms. The SMILES string of the molecule is Cc1cccc(CNCCC(N)=NO)c1. The number of amidine groups is 1. The van der Waals surface area contributed by atoms with Crippen molar-refractivity contribution in [3.8, 4) is 0 Å². The van der Waals surface area contributed by atoms with E-state index < -0.39 is 0 Å². The molecule has 0 radical (unpaired) electrons. The van der Waals surface area contributed by atoms with Crippen LogP contribution < -0.4 is 11.1 Å². The zero-order chi connectivity index (χ0) is 11.1. The molecule has 0 heterocycles. The number of hydrogen-bond acceptors (Lipinski definition) is 3. The molecule has 0 saturated carbocycles. The Bertz CT molecular complexity index is 336. The highest BCUT2D eigenvalue weighted by atomic mass is 16.4. The number of benzene rings is 1. The molecule has 0 aliphatic carbocycles. The molecule has 4 nitrogen and oxygen atoms in total. The predicted octanol–water partition coefficient (Wildman–Crippen LogP) is 1.22. The van der Waals surface area contributed by atoms with Gasteiger partial charge in [-0.3, -0.25) is 0 Å². The Morgan fingerprint density at radius 2 is 2.33 bits per heavy atom. The summed E-state index contributed by atoms with van der Waals surface area (Å²) in [7, 11) is 0. The fourth-order valence-corrected chi connectivity index (χ4v) is 1.32. The van der Waals surface area contributed by atoms with Gasteiger partial charge in [0.1, 0.15) is 5.84 Å². The van der Waals surface area contributed by atoms with Gasteiger partial charge in [-0.1, -0.05) is 35.0 Å². The Morgan fingerprint density at radius 1 is 1.53 bits per heavy atom. The zero-order valence-corrected chi connectivity index (χ0v) is 8.90. The van der Waals surface area contributed by atoms with Crippen molar-refractivity contribution in [3.05, 3.63) is 35.4 Å². The van der Waals surface area contributed by atoms with Crippen LogP contribution in [0.2, 0.25) is 0 Å². The van der Waals surface area contributed by atoms with E-state index in [-0.39, 0.29) is 5.84 Å². The van der Waals surface area contributed by atoms with Crippen molar-refractivity contribution < 1.29 is 5.21 Å². The molecule has 0 fully saturated rings. The molecule has 0 aliphatic rings. The first-order valence-electron chi connectivity index (χ1n) is 4.95. The van der Waals surface area contributed by atoms with Gasteiger partial charge in [0.15, 0.2) is 0 Å². The van der Waals surface area contributed by atoms with Gasteiger partial charge in [0.25, 0.3) is 0 Å². The third-order valence-electron chi connectivity index (χ3n) is 2.10. The van der Waals surface area contributed by atoms with Gasteiger partial charge < -0.3 is 16.3 Å². The van der Waals surface area contributed by atoms with Gasteiger partial charge in [0.2, 0.25) is 0 Å². The molecule has 0 amide bonds. The van der Waals surface area contributed by atoms with Crippen LogP contribution in [-0.4, -0.2) is 17.6 Å². The highest BCUT2D eigenvalue weighted by Gasteiger charge is 1.94. The molecule has 1 aromatic rings. The molecule has 0 aliphatic heterocycles. The molecule has 0 saturated heterocycles. The fourth-order valence-electron chi connectivity index (χ4n) is 1.32.